The molecule has 0 aliphatic rings. The van der Waals surface area contributed by atoms with Crippen LogP contribution in [0, 0.1) is 6.92 Å². The highest BCUT2D eigenvalue weighted by molar-refractivity contribution is 6.08. The predicted molar refractivity (Wildman–Crippen MR) is 82.8 cm³/mol. The van der Waals surface area contributed by atoms with Crippen LogP contribution in [0.25, 0.3) is 0 Å². The van der Waals surface area contributed by atoms with Crippen LogP contribution in [0.5, 0.6) is 0 Å². The molecule has 0 fully saturated rings. The summed E-state index contributed by atoms with van der Waals surface area (Å²) in [6.45, 7) is 2.09. The third-order valence-corrected chi connectivity index (χ3v) is 2.94. The summed E-state index contributed by atoms with van der Waals surface area (Å²) in [5, 5.41) is 3.29. The van der Waals surface area contributed by atoms with Crippen LogP contribution in [0.15, 0.2) is 71.9 Å². The van der Waals surface area contributed by atoms with Gasteiger partial charge < -0.3 is 5.32 Å². The molecule has 0 aliphatic heterocycles. The van der Waals surface area contributed by atoms with Gasteiger partial charge >= 0.3 is 0 Å². The maximum atomic E-state index is 4.30. The Morgan fingerprint density at radius 3 is 2.37 bits per heavy atom. The van der Waals surface area contributed by atoms with Gasteiger partial charge in [-0.05, 0) is 30.2 Å². The molecule has 0 bridgehead atoms. The van der Waals surface area contributed by atoms with E-state index in [9.17, 15) is 0 Å². The second-order valence-corrected chi connectivity index (χ2v) is 4.27. The molecular formula is C17H18N2. The molecule has 0 unspecified atom stereocenters. The number of nitrogens with zero attached hydrogens (tertiary/aromatic N) is 1. The van der Waals surface area contributed by atoms with Gasteiger partial charge in [0.1, 0.15) is 0 Å². The minimum absolute atomic E-state index is 0.960. The molecule has 0 amide bonds. The third kappa shape index (κ3) is 3.55. The fourth-order valence-corrected chi connectivity index (χ4v) is 1.85. The van der Waals surface area contributed by atoms with Crippen molar-refractivity contribution in [2.45, 2.75) is 6.92 Å². The van der Waals surface area contributed by atoms with Crippen molar-refractivity contribution in [3.8, 4) is 0 Å². The number of hydrogen-bond donors (Lipinski definition) is 1. The number of hydrogen-bond acceptors (Lipinski definition) is 2. The van der Waals surface area contributed by atoms with Crippen molar-refractivity contribution >= 4 is 11.4 Å². The van der Waals surface area contributed by atoms with Crippen LogP contribution >= 0.6 is 0 Å². The summed E-state index contributed by atoms with van der Waals surface area (Å²) < 4.78 is 0. The fourth-order valence-electron chi connectivity index (χ4n) is 1.85. The maximum Gasteiger partial charge on any atom is 0.0657 e. The topological polar surface area (TPSA) is 24.4 Å². The summed E-state index contributed by atoms with van der Waals surface area (Å²) >= 11 is 0. The molecule has 2 nitrogen and oxygen atoms in total. The Bertz CT molecular complexity index is 583. The lowest BCUT2D eigenvalue weighted by molar-refractivity contribution is 1.42. The summed E-state index contributed by atoms with van der Waals surface area (Å²) in [6.07, 6.45) is 3.92. The van der Waals surface area contributed by atoms with Gasteiger partial charge in [-0.25, -0.2) is 0 Å². The summed E-state index contributed by atoms with van der Waals surface area (Å²) in [5.74, 6) is 0. The van der Waals surface area contributed by atoms with Crippen molar-refractivity contribution in [1.29, 1.82) is 0 Å². The van der Waals surface area contributed by atoms with Gasteiger partial charge in [-0.1, -0.05) is 48.5 Å². The first-order valence-corrected chi connectivity index (χ1v) is 6.32. The summed E-state index contributed by atoms with van der Waals surface area (Å²) in [7, 11) is 1.81. The normalized spacial score (nSPS) is 11.8. The fraction of sp³-hybridized carbons (Fsp3) is 0.118. The Balaban J connectivity index is 2.08. The zero-order valence-corrected chi connectivity index (χ0v) is 11.3. The molecule has 2 heteroatoms. The van der Waals surface area contributed by atoms with Crippen LogP contribution in [-0.4, -0.2) is 12.8 Å². The lowest BCUT2D eigenvalue weighted by Crippen LogP contribution is -1.98. The zero-order valence-electron chi connectivity index (χ0n) is 11.3. The van der Waals surface area contributed by atoms with E-state index in [0.29, 0.717) is 0 Å². The van der Waals surface area contributed by atoms with E-state index in [4.69, 9.17) is 0 Å². The van der Waals surface area contributed by atoms with Crippen LogP contribution in [0.4, 0.5) is 5.69 Å². The number of nitrogens with one attached hydrogen (secondary N) is 1. The Morgan fingerprint density at radius 2 is 1.68 bits per heavy atom. The summed E-state index contributed by atoms with van der Waals surface area (Å²) in [5.41, 5.74) is 4.42. The standard InChI is InChI=1S/C17H18N2/c1-14-8-6-7-11-16(14)19-13-12-17(18-2)15-9-4-3-5-10-15/h3-13,19H,1-2H3/b13-12-,18-17-. The van der Waals surface area contributed by atoms with E-state index in [-0.39, 0.29) is 0 Å². The SMILES string of the molecule is C/N=C(/C=C\Nc1ccccc1C)c1ccccc1. The van der Waals surface area contributed by atoms with Crippen molar-refractivity contribution in [3.63, 3.8) is 0 Å². The molecule has 0 saturated carbocycles. The number of anilines is 1. The van der Waals surface area contributed by atoms with Gasteiger partial charge in [0.15, 0.2) is 0 Å². The molecule has 0 atom stereocenters. The zero-order chi connectivity index (χ0) is 13.5. The van der Waals surface area contributed by atoms with Gasteiger partial charge in [0.05, 0.1) is 5.71 Å². The highest BCUT2D eigenvalue weighted by atomic mass is 14.8. The van der Waals surface area contributed by atoms with Crippen molar-refractivity contribution in [2.24, 2.45) is 4.99 Å². The van der Waals surface area contributed by atoms with Crippen LogP contribution in [0.3, 0.4) is 0 Å². The van der Waals surface area contributed by atoms with Crippen molar-refractivity contribution in [2.75, 3.05) is 12.4 Å². The highest BCUT2D eigenvalue weighted by Crippen LogP contribution is 2.13. The quantitative estimate of drug-likeness (QED) is 0.814. The second-order valence-electron chi connectivity index (χ2n) is 4.27. The molecule has 0 heterocycles. The van der Waals surface area contributed by atoms with E-state index >= 15 is 0 Å². The summed E-state index contributed by atoms with van der Waals surface area (Å²) in [6, 6.07) is 18.4. The monoisotopic (exact) mass is 250 g/mol. The van der Waals surface area contributed by atoms with Gasteiger partial charge in [0.25, 0.3) is 0 Å². The van der Waals surface area contributed by atoms with Crippen molar-refractivity contribution in [3.05, 3.63) is 78.0 Å². The number of aryl methyl sites for hydroxylation is 1. The Kier molecular flexibility index (Phi) is 4.51. The van der Waals surface area contributed by atoms with Crippen molar-refractivity contribution < 1.29 is 0 Å². The van der Waals surface area contributed by atoms with Gasteiger partial charge in [0.2, 0.25) is 0 Å². The molecule has 0 aliphatic carbocycles. The van der Waals surface area contributed by atoms with Gasteiger partial charge in [0, 0.05) is 18.9 Å². The first kappa shape index (κ1) is 13.1. The number of rotatable bonds is 4. The Labute approximate surface area is 114 Å². The van der Waals surface area contributed by atoms with E-state index in [2.05, 4.69) is 41.5 Å². The van der Waals surface area contributed by atoms with Crippen LogP contribution in [-0.2, 0) is 0 Å². The average molecular weight is 250 g/mol. The molecule has 1 N–H and O–H groups in total. The molecule has 2 rings (SSSR count). The van der Waals surface area contributed by atoms with Crippen LogP contribution in [0.2, 0.25) is 0 Å². The van der Waals surface area contributed by atoms with E-state index in [0.717, 1.165) is 17.0 Å². The molecule has 0 aromatic heterocycles. The molecule has 96 valence electrons. The lowest BCUT2D eigenvalue weighted by Gasteiger charge is -2.05. The molecule has 0 saturated heterocycles. The first-order chi connectivity index (χ1) is 9.31. The second kappa shape index (κ2) is 6.55. The molecule has 0 spiro atoms. The first-order valence-electron chi connectivity index (χ1n) is 6.32. The smallest absolute Gasteiger partial charge is 0.0657 e. The van der Waals surface area contributed by atoms with Crippen molar-refractivity contribution in [1.82, 2.24) is 0 Å². The van der Waals surface area contributed by atoms with E-state index in [1.807, 2.05) is 42.6 Å². The molecular weight excluding hydrogens is 232 g/mol. The van der Waals surface area contributed by atoms with Gasteiger partial charge in [-0.3, -0.25) is 4.99 Å². The van der Waals surface area contributed by atoms with Gasteiger partial charge in [-0.2, -0.15) is 0 Å². The maximum absolute atomic E-state index is 4.30. The average Bonchev–Trinajstić information content (AvgIpc) is 2.46. The molecule has 0 radical (unpaired) electrons. The minimum Gasteiger partial charge on any atom is -0.361 e. The van der Waals surface area contributed by atoms with E-state index in [1.54, 1.807) is 7.05 Å². The highest BCUT2D eigenvalue weighted by Gasteiger charge is 1.97. The minimum atomic E-state index is 0.960. The molecule has 2 aromatic carbocycles. The Morgan fingerprint density at radius 1 is 1.00 bits per heavy atom. The van der Waals surface area contributed by atoms with Gasteiger partial charge in [-0.15, -0.1) is 0 Å². The molecule has 2 aromatic rings. The van der Waals surface area contributed by atoms with E-state index < -0.39 is 0 Å². The third-order valence-electron chi connectivity index (χ3n) is 2.94. The Hall–Kier alpha value is -2.35. The van der Waals surface area contributed by atoms with Crippen LogP contribution < -0.4 is 5.32 Å². The van der Waals surface area contributed by atoms with Crippen LogP contribution in [0.1, 0.15) is 11.1 Å². The number of aliphatic imine (C=N–C) groups is 1. The lowest BCUT2D eigenvalue weighted by atomic mass is 10.1. The number of para-hydroxylation sites is 1. The number of benzene rings is 2. The summed E-state index contributed by atoms with van der Waals surface area (Å²) in [4.78, 5) is 4.30. The largest absolute Gasteiger partial charge is 0.361 e. The predicted octanol–water partition coefficient (Wildman–Crippen LogP) is 4.04. The van der Waals surface area contributed by atoms with E-state index in [1.165, 1.54) is 5.56 Å². The number of allylic oxidation sites excluding steroid dienone is 1. The molecule has 19 heavy (non-hydrogen) atoms.